The van der Waals surface area contributed by atoms with Crippen LogP contribution in [0.2, 0.25) is 0 Å². The van der Waals surface area contributed by atoms with E-state index in [-0.39, 0.29) is 5.82 Å². The Kier molecular flexibility index (Phi) is 2.68. The van der Waals surface area contributed by atoms with Gasteiger partial charge in [0.1, 0.15) is 5.82 Å². The summed E-state index contributed by atoms with van der Waals surface area (Å²) < 4.78 is 12.7. The topological polar surface area (TPSA) is 16.1 Å². The van der Waals surface area contributed by atoms with Gasteiger partial charge in [0.05, 0.1) is 4.88 Å². The van der Waals surface area contributed by atoms with Crippen molar-refractivity contribution in [1.82, 2.24) is 4.98 Å². The summed E-state index contributed by atoms with van der Waals surface area (Å²) in [7, 11) is 3.90. The average Bonchev–Trinajstić information content (AvgIpc) is 2.68. The zero-order valence-electron chi connectivity index (χ0n) is 8.57. The van der Waals surface area contributed by atoms with Gasteiger partial charge in [0.25, 0.3) is 0 Å². The number of anilines is 1. The molecule has 2 nitrogen and oxygen atoms in total. The third-order valence-corrected chi connectivity index (χ3v) is 3.22. The van der Waals surface area contributed by atoms with E-state index in [0.29, 0.717) is 0 Å². The van der Waals surface area contributed by atoms with E-state index < -0.39 is 0 Å². The van der Waals surface area contributed by atoms with E-state index >= 15 is 0 Å². The third kappa shape index (κ3) is 2.15. The second-order valence-corrected chi connectivity index (χ2v) is 4.42. The van der Waals surface area contributed by atoms with Crippen LogP contribution in [-0.2, 0) is 0 Å². The van der Waals surface area contributed by atoms with Crippen LogP contribution >= 0.6 is 11.3 Å². The fourth-order valence-corrected chi connectivity index (χ4v) is 2.06. The van der Waals surface area contributed by atoms with Crippen molar-refractivity contribution in [3.63, 3.8) is 0 Å². The summed E-state index contributed by atoms with van der Waals surface area (Å²) in [5.41, 5.74) is 1.00. The van der Waals surface area contributed by atoms with Crippen molar-refractivity contribution in [2.24, 2.45) is 0 Å². The Labute approximate surface area is 92.0 Å². The van der Waals surface area contributed by atoms with Gasteiger partial charge in [-0.1, -0.05) is 23.5 Å². The monoisotopic (exact) mass is 222 g/mol. The van der Waals surface area contributed by atoms with Crippen molar-refractivity contribution in [3.8, 4) is 10.4 Å². The number of nitrogens with zero attached hydrogens (tertiary/aromatic N) is 2. The second kappa shape index (κ2) is 3.98. The fourth-order valence-electron chi connectivity index (χ4n) is 1.22. The minimum absolute atomic E-state index is 0.212. The molecule has 0 fully saturated rings. The molecule has 0 amide bonds. The number of rotatable bonds is 2. The van der Waals surface area contributed by atoms with Crippen LogP contribution < -0.4 is 4.90 Å². The first-order chi connectivity index (χ1) is 7.16. The maximum atomic E-state index is 12.7. The van der Waals surface area contributed by atoms with Gasteiger partial charge in [-0.2, -0.15) is 0 Å². The number of hydrogen-bond donors (Lipinski definition) is 0. The lowest BCUT2D eigenvalue weighted by molar-refractivity contribution is 0.628. The molecule has 1 aromatic carbocycles. The van der Waals surface area contributed by atoms with Gasteiger partial charge in [0, 0.05) is 20.3 Å². The molecule has 0 unspecified atom stereocenters. The van der Waals surface area contributed by atoms with E-state index in [2.05, 4.69) is 4.98 Å². The molecule has 0 bridgehead atoms. The van der Waals surface area contributed by atoms with Crippen LogP contribution in [0.1, 0.15) is 0 Å². The van der Waals surface area contributed by atoms with Crippen LogP contribution in [-0.4, -0.2) is 19.1 Å². The van der Waals surface area contributed by atoms with Gasteiger partial charge in [-0.05, 0) is 17.7 Å². The SMILES string of the molecule is CN(C)c1ncc(-c2ccc(F)cc2)s1. The molecule has 0 radical (unpaired) electrons. The molecular weight excluding hydrogens is 211 g/mol. The van der Waals surface area contributed by atoms with Gasteiger partial charge in [-0.3, -0.25) is 0 Å². The van der Waals surface area contributed by atoms with Gasteiger partial charge in [0.2, 0.25) is 0 Å². The average molecular weight is 222 g/mol. The minimum atomic E-state index is -0.212. The van der Waals surface area contributed by atoms with Gasteiger partial charge in [-0.15, -0.1) is 0 Å². The lowest BCUT2D eigenvalue weighted by atomic mass is 10.2. The van der Waals surface area contributed by atoms with E-state index in [1.807, 2.05) is 25.2 Å². The van der Waals surface area contributed by atoms with Gasteiger partial charge in [-0.25, -0.2) is 9.37 Å². The molecule has 0 aliphatic carbocycles. The molecule has 0 aliphatic rings. The summed E-state index contributed by atoms with van der Waals surface area (Å²) in [6.45, 7) is 0. The molecule has 0 N–H and O–H groups in total. The molecule has 4 heteroatoms. The lowest BCUT2D eigenvalue weighted by Crippen LogP contribution is -2.07. The summed E-state index contributed by atoms with van der Waals surface area (Å²) in [6.07, 6.45) is 1.81. The van der Waals surface area contributed by atoms with Crippen molar-refractivity contribution in [2.45, 2.75) is 0 Å². The second-order valence-electron chi connectivity index (χ2n) is 3.41. The Morgan fingerprint density at radius 1 is 1.20 bits per heavy atom. The molecule has 0 spiro atoms. The Hall–Kier alpha value is -1.42. The van der Waals surface area contributed by atoms with E-state index in [4.69, 9.17) is 0 Å². The van der Waals surface area contributed by atoms with Crippen molar-refractivity contribution < 1.29 is 4.39 Å². The molecule has 1 aromatic heterocycles. The normalized spacial score (nSPS) is 10.3. The molecule has 2 rings (SSSR count). The van der Waals surface area contributed by atoms with E-state index in [9.17, 15) is 4.39 Å². The molecule has 2 aromatic rings. The largest absolute Gasteiger partial charge is 0.354 e. The Balaban J connectivity index is 2.33. The number of thiazole rings is 1. The zero-order valence-corrected chi connectivity index (χ0v) is 9.38. The highest BCUT2D eigenvalue weighted by atomic mass is 32.1. The van der Waals surface area contributed by atoms with Crippen molar-refractivity contribution in [2.75, 3.05) is 19.0 Å². The molecule has 15 heavy (non-hydrogen) atoms. The Morgan fingerprint density at radius 2 is 1.87 bits per heavy atom. The summed E-state index contributed by atoms with van der Waals surface area (Å²) in [4.78, 5) is 7.28. The van der Waals surface area contributed by atoms with Crippen molar-refractivity contribution in [3.05, 3.63) is 36.3 Å². The van der Waals surface area contributed by atoms with Crippen LogP contribution in [0.15, 0.2) is 30.5 Å². The first-order valence-corrected chi connectivity index (χ1v) is 5.37. The highest BCUT2D eigenvalue weighted by Gasteiger charge is 2.05. The number of halogens is 1. The third-order valence-electron chi connectivity index (χ3n) is 2.00. The van der Waals surface area contributed by atoms with Crippen LogP contribution in [0.3, 0.4) is 0 Å². The first kappa shape index (κ1) is 10.1. The predicted octanol–water partition coefficient (Wildman–Crippen LogP) is 3.02. The Bertz CT molecular complexity index is 448. The maximum absolute atomic E-state index is 12.7. The molecule has 78 valence electrons. The molecule has 1 heterocycles. The summed E-state index contributed by atoms with van der Waals surface area (Å²) in [5.74, 6) is -0.212. The van der Waals surface area contributed by atoms with Gasteiger partial charge < -0.3 is 4.90 Å². The number of aromatic nitrogens is 1. The molecular formula is C11H11FN2S. The predicted molar refractivity (Wildman–Crippen MR) is 61.8 cm³/mol. The minimum Gasteiger partial charge on any atom is -0.354 e. The van der Waals surface area contributed by atoms with Crippen LogP contribution in [0.4, 0.5) is 9.52 Å². The van der Waals surface area contributed by atoms with Crippen LogP contribution in [0, 0.1) is 5.82 Å². The summed E-state index contributed by atoms with van der Waals surface area (Å²) >= 11 is 1.59. The van der Waals surface area contributed by atoms with E-state index in [0.717, 1.165) is 15.6 Å². The Morgan fingerprint density at radius 3 is 2.40 bits per heavy atom. The lowest BCUT2D eigenvalue weighted by Gasteiger charge is -2.05. The standard InChI is InChI=1S/C11H11FN2S/c1-14(2)11-13-7-10(15-11)8-3-5-9(12)6-4-8/h3-7H,1-2H3. The summed E-state index contributed by atoms with van der Waals surface area (Å²) in [6, 6.07) is 6.46. The first-order valence-electron chi connectivity index (χ1n) is 4.56. The molecule has 0 aliphatic heterocycles. The van der Waals surface area contributed by atoms with Crippen molar-refractivity contribution >= 4 is 16.5 Å². The smallest absolute Gasteiger partial charge is 0.185 e. The maximum Gasteiger partial charge on any atom is 0.185 e. The van der Waals surface area contributed by atoms with Crippen LogP contribution in [0.25, 0.3) is 10.4 Å². The highest BCUT2D eigenvalue weighted by Crippen LogP contribution is 2.29. The van der Waals surface area contributed by atoms with Gasteiger partial charge >= 0.3 is 0 Å². The van der Waals surface area contributed by atoms with Gasteiger partial charge in [0.15, 0.2) is 5.13 Å². The van der Waals surface area contributed by atoms with E-state index in [1.54, 1.807) is 23.5 Å². The van der Waals surface area contributed by atoms with Crippen LogP contribution in [0.5, 0.6) is 0 Å². The quantitative estimate of drug-likeness (QED) is 0.776. The number of benzene rings is 1. The molecule has 0 saturated carbocycles. The highest BCUT2D eigenvalue weighted by molar-refractivity contribution is 7.18. The van der Waals surface area contributed by atoms with E-state index in [1.165, 1.54) is 12.1 Å². The molecule has 0 atom stereocenters. The number of hydrogen-bond acceptors (Lipinski definition) is 3. The zero-order chi connectivity index (χ0) is 10.8. The molecule has 0 saturated heterocycles. The fraction of sp³-hybridized carbons (Fsp3) is 0.182. The summed E-state index contributed by atoms with van der Waals surface area (Å²) in [5, 5.41) is 0.953. The van der Waals surface area contributed by atoms with Crippen molar-refractivity contribution in [1.29, 1.82) is 0 Å².